The number of rotatable bonds is 5. The summed E-state index contributed by atoms with van der Waals surface area (Å²) >= 11 is 1.48. The third-order valence-electron chi connectivity index (χ3n) is 2.90. The van der Waals surface area contributed by atoms with Gasteiger partial charge in [0, 0.05) is 6.42 Å². The lowest BCUT2D eigenvalue weighted by molar-refractivity contribution is 0.111. The molecule has 1 aromatic carbocycles. The summed E-state index contributed by atoms with van der Waals surface area (Å²) in [6.07, 6.45) is 1.49. The average molecular weight is 287 g/mol. The fourth-order valence-corrected chi connectivity index (χ4v) is 2.84. The number of hydrogen-bond acceptors (Lipinski definition) is 5. The maximum atomic E-state index is 11.0. The van der Waals surface area contributed by atoms with Crippen LogP contribution in [-0.4, -0.2) is 27.5 Å². The molecule has 0 aliphatic rings. The van der Waals surface area contributed by atoms with Gasteiger partial charge >= 0.3 is 0 Å². The van der Waals surface area contributed by atoms with Gasteiger partial charge in [0.05, 0.1) is 12.3 Å². The minimum Gasteiger partial charge on any atom is -0.493 e. The Morgan fingerprint density at radius 3 is 2.90 bits per heavy atom. The number of nitrogens with zero attached hydrogens (tertiary/aromatic N) is 3. The van der Waals surface area contributed by atoms with Gasteiger partial charge in [-0.3, -0.25) is 4.79 Å². The van der Waals surface area contributed by atoms with Crippen molar-refractivity contribution in [1.82, 2.24) is 14.6 Å². The number of aldehydes is 1. The second kappa shape index (κ2) is 5.42. The van der Waals surface area contributed by atoms with Crippen LogP contribution in [0, 0.1) is 6.92 Å². The number of aryl methyl sites for hydroxylation is 1. The van der Waals surface area contributed by atoms with Crippen LogP contribution in [0.15, 0.2) is 30.3 Å². The fraction of sp³-hybridized carbons (Fsp3) is 0.214. The van der Waals surface area contributed by atoms with Crippen molar-refractivity contribution in [3.8, 4) is 5.75 Å². The zero-order valence-electron chi connectivity index (χ0n) is 10.9. The number of imidazole rings is 1. The molecule has 0 saturated heterocycles. The van der Waals surface area contributed by atoms with Gasteiger partial charge in [0.25, 0.3) is 0 Å². The van der Waals surface area contributed by atoms with Crippen LogP contribution >= 0.6 is 11.3 Å². The molecule has 0 unspecified atom stereocenters. The molecule has 0 saturated carbocycles. The molecular formula is C14H13N3O2S. The number of para-hydroxylation sites is 1. The number of ether oxygens (including phenoxy) is 1. The zero-order valence-corrected chi connectivity index (χ0v) is 11.8. The Kier molecular flexibility index (Phi) is 3.47. The van der Waals surface area contributed by atoms with E-state index in [0.29, 0.717) is 24.4 Å². The van der Waals surface area contributed by atoms with Gasteiger partial charge in [-0.15, -0.1) is 0 Å². The molecule has 6 heteroatoms. The molecule has 5 nitrogen and oxygen atoms in total. The van der Waals surface area contributed by atoms with E-state index in [2.05, 4.69) is 10.1 Å². The van der Waals surface area contributed by atoms with Crippen molar-refractivity contribution in [3.05, 3.63) is 46.7 Å². The molecule has 3 aromatic rings. The van der Waals surface area contributed by atoms with E-state index in [9.17, 15) is 4.79 Å². The molecular weight excluding hydrogens is 274 g/mol. The lowest BCUT2D eigenvalue weighted by Gasteiger charge is -2.03. The SMILES string of the molecule is Cc1nc2sc(CCOc3ccccc3)nn2c1C=O. The second-order valence-corrected chi connectivity index (χ2v) is 5.34. The summed E-state index contributed by atoms with van der Waals surface area (Å²) < 4.78 is 7.23. The first-order chi connectivity index (χ1) is 9.78. The van der Waals surface area contributed by atoms with Crippen LogP contribution in [0.4, 0.5) is 0 Å². The van der Waals surface area contributed by atoms with E-state index in [0.717, 1.165) is 22.0 Å². The van der Waals surface area contributed by atoms with Crippen LogP contribution in [0.25, 0.3) is 4.96 Å². The van der Waals surface area contributed by atoms with Gasteiger partial charge in [0.2, 0.25) is 4.96 Å². The fourth-order valence-electron chi connectivity index (χ4n) is 1.91. The van der Waals surface area contributed by atoms with E-state index in [1.165, 1.54) is 11.3 Å². The Labute approximate surface area is 119 Å². The highest BCUT2D eigenvalue weighted by molar-refractivity contribution is 7.16. The summed E-state index contributed by atoms with van der Waals surface area (Å²) in [5, 5.41) is 5.31. The summed E-state index contributed by atoms with van der Waals surface area (Å²) in [7, 11) is 0. The molecule has 0 atom stereocenters. The number of hydrogen-bond donors (Lipinski definition) is 0. The summed E-state index contributed by atoms with van der Waals surface area (Å²) in [6, 6.07) is 9.66. The Morgan fingerprint density at radius 1 is 1.35 bits per heavy atom. The third-order valence-corrected chi connectivity index (χ3v) is 3.87. The number of fused-ring (bicyclic) bond motifs is 1. The van der Waals surface area contributed by atoms with Crippen molar-refractivity contribution in [2.45, 2.75) is 13.3 Å². The minimum atomic E-state index is 0.520. The maximum Gasteiger partial charge on any atom is 0.213 e. The van der Waals surface area contributed by atoms with Crippen molar-refractivity contribution in [1.29, 1.82) is 0 Å². The first-order valence-corrected chi connectivity index (χ1v) is 7.07. The third kappa shape index (κ3) is 2.42. The van der Waals surface area contributed by atoms with Crippen molar-refractivity contribution >= 4 is 22.6 Å². The van der Waals surface area contributed by atoms with Crippen LogP contribution in [0.5, 0.6) is 5.75 Å². The summed E-state index contributed by atoms with van der Waals surface area (Å²) in [5.41, 5.74) is 1.23. The molecule has 0 amide bonds. The highest BCUT2D eigenvalue weighted by Crippen LogP contribution is 2.18. The summed E-state index contributed by atoms with van der Waals surface area (Å²) in [4.78, 5) is 16.1. The van der Waals surface area contributed by atoms with Gasteiger partial charge in [0.1, 0.15) is 16.5 Å². The van der Waals surface area contributed by atoms with E-state index >= 15 is 0 Å². The minimum absolute atomic E-state index is 0.520. The van der Waals surface area contributed by atoms with Crippen molar-refractivity contribution in [2.24, 2.45) is 0 Å². The van der Waals surface area contributed by atoms with Crippen LogP contribution < -0.4 is 4.74 Å². The first kappa shape index (κ1) is 12.8. The maximum absolute atomic E-state index is 11.0. The standard InChI is InChI=1S/C14H13N3O2S/c1-10-12(9-18)17-14(15-10)20-13(16-17)7-8-19-11-5-3-2-4-6-11/h2-6,9H,7-8H2,1H3. The van der Waals surface area contributed by atoms with E-state index in [-0.39, 0.29) is 0 Å². The Hall–Kier alpha value is -2.21. The van der Waals surface area contributed by atoms with E-state index < -0.39 is 0 Å². The van der Waals surface area contributed by atoms with E-state index in [1.807, 2.05) is 37.3 Å². The quantitative estimate of drug-likeness (QED) is 0.677. The molecule has 3 rings (SSSR count). The van der Waals surface area contributed by atoms with Crippen LogP contribution in [-0.2, 0) is 6.42 Å². The summed E-state index contributed by atoms with van der Waals surface area (Å²) in [5.74, 6) is 0.846. The van der Waals surface area contributed by atoms with E-state index in [4.69, 9.17) is 4.74 Å². The van der Waals surface area contributed by atoms with Crippen molar-refractivity contribution in [2.75, 3.05) is 6.61 Å². The normalized spacial score (nSPS) is 10.8. The van der Waals surface area contributed by atoms with E-state index in [1.54, 1.807) is 4.52 Å². The van der Waals surface area contributed by atoms with Gasteiger partial charge in [-0.1, -0.05) is 29.5 Å². The van der Waals surface area contributed by atoms with Crippen molar-refractivity contribution < 1.29 is 9.53 Å². The van der Waals surface area contributed by atoms with Gasteiger partial charge < -0.3 is 4.74 Å². The second-order valence-electron chi connectivity index (χ2n) is 4.30. The highest BCUT2D eigenvalue weighted by Gasteiger charge is 2.12. The van der Waals surface area contributed by atoms with Crippen LogP contribution in [0.1, 0.15) is 21.2 Å². The average Bonchev–Trinajstić information content (AvgIpc) is 2.96. The molecule has 2 heterocycles. The highest BCUT2D eigenvalue weighted by atomic mass is 32.1. The Bertz CT molecular complexity index is 734. The first-order valence-electron chi connectivity index (χ1n) is 6.26. The zero-order chi connectivity index (χ0) is 13.9. The number of benzene rings is 1. The lowest BCUT2D eigenvalue weighted by atomic mass is 10.3. The molecule has 0 N–H and O–H groups in total. The molecule has 0 aliphatic heterocycles. The Balaban J connectivity index is 1.69. The largest absolute Gasteiger partial charge is 0.493 e. The van der Waals surface area contributed by atoms with Gasteiger partial charge in [-0.2, -0.15) is 9.61 Å². The number of carbonyl (C=O) groups excluding carboxylic acids is 1. The molecule has 20 heavy (non-hydrogen) atoms. The number of carbonyl (C=O) groups is 1. The molecule has 0 radical (unpaired) electrons. The molecule has 0 bridgehead atoms. The molecule has 102 valence electrons. The predicted molar refractivity (Wildman–Crippen MR) is 76.6 cm³/mol. The number of aromatic nitrogens is 3. The lowest BCUT2D eigenvalue weighted by Crippen LogP contribution is -2.02. The Morgan fingerprint density at radius 2 is 2.15 bits per heavy atom. The van der Waals surface area contributed by atoms with Gasteiger partial charge in [-0.25, -0.2) is 4.98 Å². The monoisotopic (exact) mass is 287 g/mol. The smallest absolute Gasteiger partial charge is 0.213 e. The molecule has 0 spiro atoms. The molecule has 2 aromatic heterocycles. The van der Waals surface area contributed by atoms with Gasteiger partial charge in [0.15, 0.2) is 6.29 Å². The van der Waals surface area contributed by atoms with Gasteiger partial charge in [-0.05, 0) is 19.1 Å². The summed E-state index contributed by atoms with van der Waals surface area (Å²) in [6.45, 7) is 2.36. The molecule has 0 fully saturated rings. The van der Waals surface area contributed by atoms with Crippen LogP contribution in [0.3, 0.4) is 0 Å². The topological polar surface area (TPSA) is 56.5 Å². The van der Waals surface area contributed by atoms with Crippen LogP contribution in [0.2, 0.25) is 0 Å². The molecule has 0 aliphatic carbocycles. The van der Waals surface area contributed by atoms with Crippen molar-refractivity contribution in [3.63, 3.8) is 0 Å². The predicted octanol–water partition coefficient (Wildman–Crippen LogP) is 2.53.